The summed E-state index contributed by atoms with van der Waals surface area (Å²) in [6, 6.07) is 3.90. The fraction of sp³-hybridized carbons (Fsp3) is 0.400. The Morgan fingerprint density at radius 2 is 2.16 bits per heavy atom. The Kier molecular flexibility index (Phi) is 5.65. The number of ether oxygens (including phenoxy) is 1. The van der Waals surface area contributed by atoms with Gasteiger partial charge in [-0.2, -0.15) is 0 Å². The molecule has 2 amide bonds. The van der Waals surface area contributed by atoms with Crippen LogP contribution in [0.4, 0.5) is 5.69 Å². The van der Waals surface area contributed by atoms with E-state index in [1.165, 1.54) is 30.0 Å². The molecule has 1 atom stereocenters. The summed E-state index contributed by atoms with van der Waals surface area (Å²) in [6.07, 6.45) is -1.08. The van der Waals surface area contributed by atoms with Crippen molar-refractivity contribution in [3.63, 3.8) is 0 Å². The van der Waals surface area contributed by atoms with Crippen molar-refractivity contribution in [2.24, 2.45) is 0 Å². The van der Waals surface area contributed by atoms with Crippen LogP contribution in [0.3, 0.4) is 0 Å². The van der Waals surface area contributed by atoms with E-state index in [2.05, 4.69) is 5.32 Å². The first-order chi connectivity index (χ1) is 11.8. The number of aryl methyl sites for hydroxylation is 1. The van der Waals surface area contributed by atoms with Crippen molar-refractivity contribution in [3.05, 3.63) is 39.4 Å². The van der Waals surface area contributed by atoms with Crippen molar-refractivity contribution in [2.75, 3.05) is 26.2 Å². The molecule has 0 spiro atoms. The number of amides is 2. The van der Waals surface area contributed by atoms with Crippen LogP contribution in [0.2, 0.25) is 0 Å². The van der Waals surface area contributed by atoms with Crippen LogP contribution in [-0.4, -0.2) is 65.1 Å². The van der Waals surface area contributed by atoms with Gasteiger partial charge in [0.2, 0.25) is 5.91 Å². The number of carbonyl (C=O) groups excluding carboxylic acids is 2. The Bertz CT molecular complexity index is 719. The second kappa shape index (κ2) is 7.71. The molecular formula is C15H17N3O7. The fourth-order valence-corrected chi connectivity index (χ4v) is 2.40. The molecule has 0 aromatic heterocycles. The first-order valence-electron chi connectivity index (χ1n) is 7.45. The molecule has 1 unspecified atom stereocenters. The van der Waals surface area contributed by atoms with E-state index in [9.17, 15) is 24.5 Å². The number of nitrogens with zero attached hydrogens (tertiary/aromatic N) is 2. The number of nitro groups is 1. The SMILES string of the molecule is Cc1cc(C(=O)NCC(=O)N2CCOC(C(=O)O)C2)ccc1[N+](=O)[O-]. The van der Waals surface area contributed by atoms with Gasteiger partial charge < -0.3 is 20.1 Å². The molecule has 0 bridgehead atoms. The average Bonchev–Trinajstić information content (AvgIpc) is 2.58. The number of hydrogen-bond donors (Lipinski definition) is 2. The highest BCUT2D eigenvalue weighted by molar-refractivity contribution is 5.97. The molecular weight excluding hydrogens is 334 g/mol. The molecule has 10 nitrogen and oxygen atoms in total. The number of nitro benzene ring substituents is 1. The van der Waals surface area contributed by atoms with Crippen LogP contribution < -0.4 is 5.32 Å². The minimum atomic E-state index is -1.15. The number of carboxylic acid groups (broad SMARTS) is 1. The van der Waals surface area contributed by atoms with Gasteiger partial charge in [-0.15, -0.1) is 0 Å². The van der Waals surface area contributed by atoms with Crippen LogP contribution >= 0.6 is 0 Å². The lowest BCUT2D eigenvalue weighted by Gasteiger charge is -2.30. The summed E-state index contributed by atoms with van der Waals surface area (Å²) < 4.78 is 5.02. The maximum absolute atomic E-state index is 12.1. The minimum absolute atomic E-state index is 0.0827. The zero-order valence-electron chi connectivity index (χ0n) is 13.4. The van der Waals surface area contributed by atoms with E-state index in [0.29, 0.717) is 5.56 Å². The molecule has 1 fully saturated rings. The quantitative estimate of drug-likeness (QED) is 0.560. The van der Waals surface area contributed by atoms with Gasteiger partial charge in [-0.3, -0.25) is 19.7 Å². The number of rotatable bonds is 5. The maximum Gasteiger partial charge on any atom is 0.334 e. The first-order valence-corrected chi connectivity index (χ1v) is 7.45. The molecule has 2 rings (SSSR count). The number of aliphatic carboxylic acids is 1. The zero-order chi connectivity index (χ0) is 18.6. The van der Waals surface area contributed by atoms with Crippen LogP contribution in [0.5, 0.6) is 0 Å². The van der Waals surface area contributed by atoms with Crippen molar-refractivity contribution >= 4 is 23.5 Å². The Labute approximate surface area is 142 Å². The predicted octanol–water partition coefficient (Wildman–Crippen LogP) is -0.0550. The minimum Gasteiger partial charge on any atom is -0.479 e. The Hall–Kier alpha value is -3.01. The Balaban J connectivity index is 1.93. The summed E-state index contributed by atoms with van der Waals surface area (Å²) in [4.78, 5) is 46.6. The summed E-state index contributed by atoms with van der Waals surface area (Å²) in [7, 11) is 0. The Morgan fingerprint density at radius 3 is 2.76 bits per heavy atom. The van der Waals surface area contributed by atoms with Crippen LogP contribution in [0.15, 0.2) is 18.2 Å². The Morgan fingerprint density at radius 1 is 1.44 bits per heavy atom. The lowest BCUT2D eigenvalue weighted by molar-refractivity contribution is -0.385. The van der Waals surface area contributed by atoms with Crippen LogP contribution in [0.1, 0.15) is 15.9 Å². The number of morpholine rings is 1. The molecule has 0 aliphatic carbocycles. The van der Waals surface area contributed by atoms with Crippen LogP contribution in [-0.2, 0) is 14.3 Å². The first kappa shape index (κ1) is 18.3. The summed E-state index contributed by atoms with van der Waals surface area (Å²) in [6.45, 7) is 1.48. The lowest BCUT2D eigenvalue weighted by Crippen LogP contribution is -2.51. The molecule has 0 saturated carbocycles. The number of benzene rings is 1. The topological polar surface area (TPSA) is 139 Å². The summed E-state index contributed by atoms with van der Waals surface area (Å²) in [5.74, 6) is -2.13. The summed E-state index contributed by atoms with van der Waals surface area (Å²) >= 11 is 0. The number of carbonyl (C=O) groups is 3. The zero-order valence-corrected chi connectivity index (χ0v) is 13.4. The van der Waals surface area contributed by atoms with Gasteiger partial charge in [-0.25, -0.2) is 4.79 Å². The molecule has 1 aromatic rings. The third-order valence-corrected chi connectivity index (χ3v) is 3.75. The third kappa shape index (κ3) is 4.51. The average molecular weight is 351 g/mol. The molecule has 2 N–H and O–H groups in total. The summed E-state index contributed by atoms with van der Waals surface area (Å²) in [5.41, 5.74) is 0.434. The molecule has 10 heteroatoms. The highest BCUT2D eigenvalue weighted by Gasteiger charge is 2.29. The number of nitrogens with one attached hydrogen (secondary N) is 1. The van der Waals surface area contributed by atoms with Gasteiger partial charge in [0.25, 0.3) is 11.6 Å². The van der Waals surface area contributed by atoms with E-state index in [0.717, 1.165) is 0 Å². The highest BCUT2D eigenvalue weighted by atomic mass is 16.6. The van der Waals surface area contributed by atoms with E-state index >= 15 is 0 Å². The van der Waals surface area contributed by atoms with Gasteiger partial charge in [-0.05, 0) is 19.1 Å². The maximum atomic E-state index is 12.1. The van der Waals surface area contributed by atoms with E-state index in [1.54, 1.807) is 0 Å². The molecule has 1 saturated heterocycles. The monoisotopic (exact) mass is 351 g/mol. The lowest BCUT2D eigenvalue weighted by atomic mass is 10.1. The van der Waals surface area contributed by atoms with Gasteiger partial charge in [0.15, 0.2) is 6.10 Å². The molecule has 1 aliphatic heterocycles. The molecule has 25 heavy (non-hydrogen) atoms. The second-order valence-electron chi connectivity index (χ2n) is 5.48. The number of carboxylic acids is 1. The highest BCUT2D eigenvalue weighted by Crippen LogP contribution is 2.18. The molecule has 134 valence electrons. The van der Waals surface area contributed by atoms with Crippen LogP contribution in [0.25, 0.3) is 0 Å². The molecule has 1 heterocycles. The third-order valence-electron chi connectivity index (χ3n) is 3.75. The summed E-state index contributed by atoms with van der Waals surface area (Å²) in [5, 5.41) is 22.1. The second-order valence-corrected chi connectivity index (χ2v) is 5.48. The van der Waals surface area contributed by atoms with E-state index in [-0.39, 0.29) is 37.5 Å². The van der Waals surface area contributed by atoms with Gasteiger partial charge in [0, 0.05) is 23.7 Å². The number of hydrogen-bond acceptors (Lipinski definition) is 6. The van der Waals surface area contributed by atoms with Crippen molar-refractivity contribution in [2.45, 2.75) is 13.0 Å². The van der Waals surface area contributed by atoms with Crippen molar-refractivity contribution < 1.29 is 29.2 Å². The largest absolute Gasteiger partial charge is 0.479 e. The van der Waals surface area contributed by atoms with Crippen LogP contribution in [0, 0.1) is 17.0 Å². The smallest absolute Gasteiger partial charge is 0.334 e. The van der Waals surface area contributed by atoms with E-state index < -0.39 is 28.8 Å². The molecule has 1 aliphatic rings. The van der Waals surface area contributed by atoms with Crippen molar-refractivity contribution in [1.29, 1.82) is 0 Å². The van der Waals surface area contributed by atoms with Gasteiger partial charge >= 0.3 is 5.97 Å². The van der Waals surface area contributed by atoms with E-state index in [1.807, 2.05) is 0 Å². The van der Waals surface area contributed by atoms with E-state index in [4.69, 9.17) is 9.84 Å². The fourth-order valence-electron chi connectivity index (χ4n) is 2.40. The normalized spacial score (nSPS) is 17.0. The van der Waals surface area contributed by atoms with Gasteiger partial charge in [-0.1, -0.05) is 0 Å². The molecule has 1 aromatic carbocycles. The molecule has 0 radical (unpaired) electrons. The van der Waals surface area contributed by atoms with Crippen molar-refractivity contribution in [1.82, 2.24) is 10.2 Å². The van der Waals surface area contributed by atoms with Crippen molar-refractivity contribution in [3.8, 4) is 0 Å². The van der Waals surface area contributed by atoms with Gasteiger partial charge in [0.05, 0.1) is 24.6 Å². The predicted molar refractivity (Wildman–Crippen MR) is 84.1 cm³/mol. The van der Waals surface area contributed by atoms with Gasteiger partial charge in [0.1, 0.15) is 0 Å². The standard InChI is InChI=1S/C15H17N3O7/c1-9-6-10(2-3-11(9)18(23)24)14(20)16-7-13(19)17-4-5-25-12(8-17)15(21)22/h2-3,6,12H,4-5,7-8H2,1H3,(H,16,20)(H,21,22).